The Kier molecular flexibility index (Phi) is 5.12. The third-order valence-electron chi connectivity index (χ3n) is 2.34. The Morgan fingerprint density at radius 2 is 2.13 bits per heavy atom. The Morgan fingerprint density at radius 3 is 2.73 bits per heavy atom. The van der Waals surface area contributed by atoms with Gasteiger partial charge in [-0.05, 0) is 31.3 Å². The van der Waals surface area contributed by atoms with Crippen LogP contribution in [0.3, 0.4) is 0 Å². The first-order valence-corrected chi connectivity index (χ1v) is 5.28. The Hall–Kier alpha value is -1.09. The van der Waals surface area contributed by atoms with Gasteiger partial charge in [0.1, 0.15) is 6.61 Å². The molecular formula is C12H17FNO. The highest BCUT2D eigenvalue weighted by Crippen LogP contribution is 2.14. The molecule has 0 aliphatic heterocycles. The molecule has 1 aromatic carbocycles. The number of hydrogen-bond donors (Lipinski definition) is 0. The van der Waals surface area contributed by atoms with E-state index < -0.39 is 0 Å². The molecule has 0 heterocycles. The quantitative estimate of drug-likeness (QED) is 0.714. The van der Waals surface area contributed by atoms with Crippen LogP contribution < -0.4 is 4.74 Å². The number of nitrogens with zero attached hydrogens (tertiary/aromatic N) is 1. The summed E-state index contributed by atoms with van der Waals surface area (Å²) in [6, 6.07) is 7.19. The molecule has 15 heavy (non-hydrogen) atoms. The zero-order valence-electron chi connectivity index (χ0n) is 9.29. The lowest BCUT2D eigenvalue weighted by Gasteiger charge is -2.18. The van der Waals surface area contributed by atoms with E-state index in [0.29, 0.717) is 12.4 Å². The second-order valence-electron chi connectivity index (χ2n) is 3.23. The average Bonchev–Trinajstić information content (AvgIpc) is 2.27. The van der Waals surface area contributed by atoms with Gasteiger partial charge in [0.25, 0.3) is 0 Å². The molecule has 0 aromatic heterocycles. The van der Waals surface area contributed by atoms with E-state index in [1.165, 1.54) is 6.07 Å². The minimum absolute atomic E-state index is 0.306. The monoisotopic (exact) mass is 210 g/mol. The van der Waals surface area contributed by atoms with Crippen molar-refractivity contribution in [1.82, 2.24) is 4.90 Å². The number of likely N-dealkylation sites (N-methyl/N-ethyl adjacent to an activating group) is 1. The van der Waals surface area contributed by atoms with Crippen LogP contribution in [0.1, 0.15) is 13.8 Å². The van der Waals surface area contributed by atoms with E-state index in [1.807, 2.05) is 0 Å². The molecule has 0 aliphatic rings. The number of ether oxygens (including phenoxy) is 1. The largest absolute Gasteiger partial charge is 0.489 e. The average molecular weight is 210 g/mol. The second-order valence-corrected chi connectivity index (χ2v) is 3.23. The number of halogens is 1. The fourth-order valence-electron chi connectivity index (χ4n) is 1.34. The fraction of sp³-hybridized carbons (Fsp3) is 0.500. The summed E-state index contributed by atoms with van der Waals surface area (Å²) in [7, 11) is 0. The van der Waals surface area contributed by atoms with Gasteiger partial charge in [0.15, 0.2) is 11.6 Å². The summed E-state index contributed by atoms with van der Waals surface area (Å²) in [6.45, 7) is 7.52. The Morgan fingerprint density at radius 1 is 1.40 bits per heavy atom. The van der Waals surface area contributed by atoms with Crippen molar-refractivity contribution in [2.45, 2.75) is 13.8 Å². The lowest BCUT2D eigenvalue weighted by atomic mass is 10.3. The summed E-state index contributed by atoms with van der Waals surface area (Å²) >= 11 is 0. The zero-order valence-corrected chi connectivity index (χ0v) is 9.29. The molecule has 0 N–H and O–H groups in total. The van der Waals surface area contributed by atoms with Gasteiger partial charge in [-0.1, -0.05) is 19.9 Å². The van der Waals surface area contributed by atoms with Crippen molar-refractivity contribution in [3.8, 4) is 5.75 Å². The van der Waals surface area contributed by atoms with E-state index in [4.69, 9.17) is 4.74 Å². The summed E-state index contributed by atoms with van der Waals surface area (Å²) in [4.78, 5) is 2.23. The molecule has 0 fully saturated rings. The minimum atomic E-state index is -0.350. The van der Waals surface area contributed by atoms with Crippen LogP contribution >= 0.6 is 0 Å². The van der Waals surface area contributed by atoms with Crippen LogP contribution in [0, 0.1) is 11.9 Å². The summed E-state index contributed by atoms with van der Waals surface area (Å²) in [5, 5.41) is 0. The third-order valence-corrected chi connectivity index (χ3v) is 2.34. The number of benzene rings is 1. The molecule has 0 amide bonds. The topological polar surface area (TPSA) is 12.5 Å². The number of hydrogen-bond acceptors (Lipinski definition) is 2. The van der Waals surface area contributed by atoms with Crippen LogP contribution in [0.4, 0.5) is 4.39 Å². The van der Waals surface area contributed by atoms with Crippen molar-refractivity contribution in [2.75, 3.05) is 26.2 Å². The Balaban J connectivity index is 2.34. The van der Waals surface area contributed by atoms with Gasteiger partial charge in [-0.15, -0.1) is 0 Å². The van der Waals surface area contributed by atoms with Gasteiger partial charge in [-0.25, -0.2) is 4.39 Å². The van der Waals surface area contributed by atoms with Gasteiger partial charge >= 0.3 is 0 Å². The summed E-state index contributed by atoms with van der Waals surface area (Å²) < 4.78 is 18.4. The van der Waals surface area contributed by atoms with Crippen LogP contribution in [-0.4, -0.2) is 31.1 Å². The predicted octanol–water partition coefficient (Wildman–Crippen LogP) is 2.35. The Labute approximate surface area is 90.7 Å². The van der Waals surface area contributed by atoms with Crippen molar-refractivity contribution in [2.24, 2.45) is 0 Å². The molecule has 2 nitrogen and oxygen atoms in total. The molecule has 1 aromatic rings. The molecule has 1 rings (SSSR count). The van der Waals surface area contributed by atoms with Crippen LogP contribution in [-0.2, 0) is 0 Å². The first-order chi connectivity index (χ1) is 7.27. The molecule has 0 unspecified atom stereocenters. The van der Waals surface area contributed by atoms with Crippen molar-refractivity contribution < 1.29 is 9.13 Å². The SMILES string of the molecule is CCN(CC)CCOc1cc[c]cc1F. The van der Waals surface area contributed by atoms with Crippen LogP contribution in [0.15, 0.2) is 18.2 Å². The van der Waals surface area contributed by atoms with E-state index in [1.54, 1.807) is 12.1 Å². The van der Waals surface area contributed by atoms with Gasteiger partial charge in [0.2, 0.25) is 0 Å². The molecule has 0 spiro atoms. The summed E-state index contributed by atoms with van der Waals surface area (Å²) in [5.74, 6) is -0.0436. The maximum absolute atomic E-state index is 13.1. The van der Waals surface area contributed by atoms with Gasteiger partial charge < -0.3 is 9.64 Å². The van der Waals surface area contributed by atoms with Crippen molar-refractivity contribution in [3.05, 3.63) is 30.1 Å². The molecule has 0 bridgehead atoms. The molecule has 1 radical (unpaired) electrons. The van der Waals surface area contributed by atoms with E-state index in [-0.39, 0.29) is 5.82 Å². The smallest absolute Gasteiger partial charge is 0.165 e. The van der Waals surface area contributed by atoms with E-state index in [9.17, 15) is 4.39 Å². The molecule has 3 heteroatoms. The van der Waals surface area contributed by atoms with Gasteiger partial charge in [-0.3, -0.25) is 0 Å². The predicted molar refractivity (Wildman–Crippen MR) is 58.5 cm³/mol. The van der Waals surface area contributed by atoms with Gasteiger partial charge in [-0.2, -0.15) is 0 Å². The van der Waals surface area contributed by atoms with Crippen molar-refractivity contribution >= 4 is 0 Å². The normalized spacial score (nSPS) is 10.7. The molecule has 0 atom stereocenters. The molecule has 0 saturated heterocycles. The summed E-state index contributed by atoms with van der Waals surface area (Å²) in [5.41, 5.74) is 0. The minimum Gasteiger partial charge on any atom is -0.489 e. The van der Waals surface area contributed by atoms with E-state index in [2.05, 4.69) is 24.8 Å². The first kappa shape index (κ1) is 12.0. The van der Waals surface area contributed by atoms with E-state index >= 15 is 0 Å². The third kappa shape index (κ3) is 3.88. The Bertz CT molecular complexity index is 287. The van der Waals surface area contributed by atoms with Crippen LogP contribution in [0.25, 0.3) is 0 Å². The van der Waals surface area contributed by atoms with Crippen molar-refractivity contribution in [3.63, 3.8) is 0 Å². The summed E-state index contributed by atoms with van der Waals surface area (Å²) in [6.07, 6.45) is 0. The lowest BCUT2D eigenvalue weighted by Crippen LogP contribution is -2.28. The highest BCUT2D eigenvalue weighted by atomic mass is 19.1. The molecular weight excluding hydrogens is 193 g/mol. The lowest BCUT2D eigenvalue weighted by molar-refractivity contribution is 0.217. The maximum atomic E-state index is 13.1. The second kappa shape index (κ2) is 6.40. The highest BCUT2D eigenvalue weighted by Gasteiger charge is 2.02. The first-order valence-electron chi connectivity index (χ1n) is 5.28. The van der Waals surface area contributed by atoms with Gasteiger partial charge in [0.05, 0.1) is 0 Å². The molecule has 0 aliphatic carbocycles. The number of rotatable bonds is 6. The van der Waals surface area contributed by atoms with Crippen molar-refractivity contribution in [1.29, 1.82) is 0 Å². The fourth-order valence-corrected chi connectivity index (χ4v) is 1.34. The zero-order chi connectivity index (χ0) is 11.1. The standard InChI is InChI=1S/C12H17FNO/c1-3-14(4-2)9-10-15-12-8-6-5-7-11(12)13/h6-8H,3-4,9-10H2,1-2H3. The van der Waals surface area contributed by atoms with E-state index in [0.717, 1.165) is 19.6 Å². The maximum Gasteiger partial charge on any atom is 0.165 e. The highest BCUT2D eigenvalue weighted by molar-refractivity contribution is 5.22. The van der Waals surface area contributed by atoms with Crippen LogP contribution in [0.2, 0.25) is 0 Å². The molecule has 83 valence electrons. The van der Waals surface area contributed by atoms with Gasteiger partial charge in [0, 0.05) is 6.54 Å². The van der Waals surface area contributed by atoms with Crippen LogP contribution in [0.5, 0.6) is 5.75 Å². The molecule has 0 saturated carbocycles.